The molecule has 0 atom stereocenters. The summed E-state index contributed by atoms with van der Waals surface area (Å²) in [5.41, 5.74) is 0.845. The lowest BCUT2D eigenvalue weighted by molar-refractivity contribution is 0.328. The van der Waals surface area contributed by atoms with Crippen LogP contribution in [0.25, 0.3) is 11.0 Å². The van der Waals surface area contributed by atoms with Gasteiger partial charge in [0.15, 0.2) is 0 Å². The number of aromatic amines is 1. The molecule has 2 aromatic rings. The lowest BCUT2D eigenvalue weighted by Crippen LogP contribution is -1.94. The molecule has 13 heavy (non-hydrogen) atoms. The first kappa shape index (κ1) is 8.56. The molecule has 0 spiro atoms. The maximum Gasteiger partial charge on any atom is 0.216 e. The van der Waals surface area contributed by atoms with E-state index in [1.54, 1.807) is 0 Å². The van der Waals surface area contributed by atoms with E-state index in [0.29, 0.717) is 12.5 Å². The van der Waals surface area contributed by atoms with E-state index in [0.717, 1.165) is 15.5 Å². The number of fused-ring (bicyclic) bond motifs is 1. The van der Waals surface area contributed by atoms with Gasteiger partial charge in [0.25, 0.3) is 0 Å². The summed E-state index contributed by atoms with van der Waals surface area (Å²) in [5.74, 6) is 0.643. The highest BCUT2D eigenvalue weighted by molar-refractivity contribution is 9.10. The molecule has 0 radical (unpaired) electrons. The van der Waals surface area contributed by atoms with Crippen LogP contribution in [0.3, 0.4) is 0 Å². The molecule has 3 nitrogen and oxygen atoms in total. The highest BCUT2D eigenvalue weighted by Gasteiger charge is 2.04. The Bertz CT molecular complexity index is 424. The van der Waals surface area contributed by atoms with Crippen LogP contribution in [0, 0.1) is 0 Å². The van der Waals surface area contributed by atoms with Gasteiger partial charge < -0.3 is 9.72 Å². The van der Waals surface area contributed by atoms with Gasteiger partial charge in [-0.1, -0.05) is 0 Å². The average Bonchev–Trinajstić information content (AvgIpc) is 2.53. The summed E-state index contributed by atoms with van der Waals surface area (Å²) in [4.78, 5) is 7.32. The molecule has 0 aromatic carbocycles. The first-order valence-electron chi connectivity index (χ1n) is 4.07. The standard InChI is InChI=1S/C9H9BrN2O/c1-2-13-8-5-7(10)6-3-4-11-9(6)12-8/h3-5H,2H2,1H3,(H,11,12). The van der Waals surface area contributed by atoms with Gasteiger partial charge in [-0.05, 0) is 28.9 Å². The van der Waals surface area contributed by atoms with E-state index in [9.17, 15) is 0 Å². The molecule has 2 rings (SSSR count). The zero-order valence-electron chi connectivity index (χ0n) is 7.17. The quantitative estimate of drug-likeness (QED) is 0.877. The van der Waals surface area contributed by atoms with E-state index in [-0.39, 0.29) is 0 Å². The van der Waals surface area contributed by atoms with Crippen LogP contribution in [0.2, 0.25) is 0 Å². The second kappa shape index (κ2) is 3.38. The zero-order valence-corrected chi connectivity index (χ0v) is 8.76. The van der Waals surface area contributed by atoms with Gasteiger partial charge in [0.1, 0.15) is 5.65 Å². The van der Waals surface area contributed by atoms with E-state index < -0.39 is 0 Å². The van der Waals surface area contributed by atoms with Crippen molar-refractivity contribution in [3.05, 3.63) is 22.8 Å². The van der Waals surface area contributed by atoms with Crippen molar-refractivity contribution < 1.29 is 4.74 Å². The van der Waals surface area contributed by atoms with Crippen LogP contribution in [0.4, 0.5) is 0 Å². The third-order valence-corrected chi connectivity index (χ3v) is 2.40. The predicted octanol–water partition coefficient (Wildman–Crippen LogP) is 2.72. The van der Waals surface area contributed by atoms with Crippen molar-refractivity contribution in [1.82, 2.24) is 9.97 Å². The van der Waals surface area contributed by atoms with E-state index in [4.69, 9.17) is 4.74 Å². The summed E-state index contributed by atoms with van der Waals surface area (Å²) >= 11 is 3.46. The minimum atomic E-state index is 0.631. The van der Waals surface area contributed by atoms with Gasteiger partial charge in [-0.25, -0.2) is 0 Å². The maximum atomic E-state index is 5.30. The molecule has 4 heteroatoms. The van der Waals surface area contributed by atoms with Crippen LogP contribution in [0.15, 0.2) is 22.8 Å². The summed E-state index contributed by atoms with van der Waals surface area (Å²) in [6.07, 6.45) is 1.86. The number of hydrogen-bond acceptors (Lipinski definition) is 2. The summed E-state index contributed by atoms with van der Waals surface area (Å²) in [5, 5.41) is 1.07. The van der Waals surface area contributed by atoms with Crippen molar-refractivity contribution in [2.24, 2.45) is 0 Å². The summed E-state index contributed by atoms with van der Waals surface area (Å²) in [7, 11) is 0. The summed E-state index contributed by atoms with van der Waals surface area (Å²) in [6, 6.07) is 3.85. The largest absolute Gasteiger partial charge is 0.478 e. The molecule has 2 aromatic heterocycles. The molecular weight excluding hydrogens is 232 g/mol. The number of nitrogens with zero attached hydrogens (tertiary/aromatic N) is 1. The molecule has 0 bridgehead atoms. The smallest absolute Gasteiger partial charge is 0.216 e. The van der Waals surface area contributed by atoms with Crippen molar-refractivity contribution in [3.8, 4) is 5.88 Å². The molecule has 0 saturated heterocycles. The Morgan fingerprint density at radius 3 is 3.23 bits per heavy atom. The number of hydrogen-bond donors (Lipinski definition) is 1. The first-order chi connectivity index (χ1) is 6.31. The van der Waals surface area contributed by atoms with E-state index in [1.165, 1.54) is 0 Å². The molecule has 0 fully saturated rings. The highest BCUT2D eigenvalue weighted by Crippen LogP contribution is 2.25. The van der Waals surface area contributed by atoms with Crippen molar-refractivity contribution in [1.29, 1.82) is 0 Å². The van der Waals surface area contributed by atoms with E-state index in [1.807, 2.05) is 25.3 Å². The zero-order chi connectivity index (χ0) is 9.26. The maximum absolute atomic E-state index is 5.30. The van der Waals surface area contributed by atoms with Gasteiger partial charge in [-0.3, -0.25) is 0 Å². The Morgan fingerprint density at radius 2 is 2.46 bits per heavy atom. The topological polar surface area (TPSA) is 37.9 Å². The van der Waals surface area contributed by atoms with Crippen molar-refractivity contribution in [3.63, 3.8) is 0 Å². The molecule has 1 N–H and O–H groups in total. The van der Waals surface area contributed by atoms with Crippen molar-refractivity contribution in [2.75, 3.05) is 6.61 Å². The van der Waals surface area contributed by atoms with Crippen LogP contribution in [-0.2, 0) is 0 Å². The van der Waals surface area contributed by atoms with Crippen LogP contribution in [0.5, 0.6) is 5.88 Å². The molecule has 68 valence electrons. The molecule has 0 aliphatic rings. The third-order valence-electron chi connectivity index (χ3n) is 1.75. The Morgan fingerprint density at radius 1 is 1.62 bits per heavy atom. The fraction of sp³-hybridized carbons (Fsp3) is 0.222. The number of ether oxygens (including phenoxy) is 1. The number of nitrogens with one attached hydrogen (secondary N) is 1. The third kappa shape index (κ3) is 1.54. The van der Waals surface area contributed by atoms with Crippen LogP contribution < -0.4 is 4.74 Å². The number of H-pyrrole nitrogens is 1. The SMILES string of the molecule is CCOc1cc(Br)c2cc[nH]c2n1. The fourth-order valence-corrected chi connectivity index (χ4v) is 1.71. The van der Waals surface area contributed by atoms with Gasteiger partial charge in [-0.15, -0.1) is 0 Å². The van der Waals surface area contributed by atoms with Gasteiger partial charge in [0, 0.05) is 22.1 Å². The van der Waals surface area contributed by atoms with Crippen LogP contribution in [0.1, 0.15) is 6.92 Å². The molecule has 0 aliphatic carbocycles. The monoisotopic (exact) mass is 240 g/mol. The van der Waals surface area contributed by atoms with Gasteiger partial charge >= 0.3 is 0 Å². The highest BCUT2D eigenvalue weighted by atomic mass is 79.9. The number of pyridine rings is 1. The number of rotatable bonds is 2. The predicted molar refractivity (Wildman–Crippen MR) is 55.0 cm³/mol. The van der Waals surface area contributed by atoms with E-state index in [2.05, 4.69) is 25.9 Å². The lowest BCUT2D eigenvalue weighted by atomic mass is 10.3. The lowest BCUT2D eigenvalue weighted by Gasteiger charge is -2.02. The molecule has 0 unspecified atom stereocenters. The van der Waals surface area contributed by atoms with Crippen molar-refractivity contribution in [2.45, 2.75) is 6.92 Å². The first-order valence-corrected chi connectivity index (χ1v) is 4.87. The van der Waals surface area contributed by atoms with Crippen LogP contribution in [-0.4, -0.2) is 16.6 Å². The Hall–Kier alpha value is -1.03. The second-order valence-electron chi connectivity index (χ2n) is 2.62. The normalized spacial score (nSPS) is 10.6. The number of halogens is 1. The molecular formula is C9H9BrN2O. The summed E-state index contributed by atoms with van der Waals surface area (Å²) < 4.78 is 6.31. The van der Waals surface area contributed by atoms with E-state index >= 15 is 0 Å². The second-order valence-corrected chi connectivity index (χ2v) is 3.47. The van der Waals surface area contributed by atoms with Crippen molar-refractivity contribution >= 4 is 27.0 Å². The van der Waals surface area contributed by atoms with Gasteiger partial charge in [0.05, 0.1) is 6.61 Å². The number of aromatic nitrogens is 2. The fourth-order valence-electron chi connectivity index (χ4n) is 1.20. The van der Waals surface area contributed by atoms with Crippen LogP contribution >= 0.6 is 15.9 Å². The van der Waals surface area contributed by atoms with Gasteiger partial charge in [0.2, 0.25) is 5.88 Å². The molecule has 0 aliphatic heterocycles. The summed E-state index contributed by atoms with van der Waals surface area (Å²) in [6.45, 7) is 2.57. The Labute approximate surface area is 84.3 Å². The van der Waals surface area contributed by atoms with Gasteiger partial charge in [-0.2, -0.15) is 4.98 Å². The average molecular weight is 241 g/mol. The Balaban J connectivity index is 2.56. The molecule has 0 saturated carbocycles. The molecule has 2 heterocycles. The minimum absolute atomic E-state index is 0.631. The Kier molecular flexibility index (Phi) is 2.22. The molecule has 0 amide bonds. The minimum Gasteiger partial charge on any atom is -0.478 e.